The Bertz CT molecular complexity index is 790. The van der Waals surface area contributed by atoms with Crippen LogP contribution in [0.15, 0.2) is 42.5 Å². The molecule has 1 saturated heterocycles. The minimum atomic E-state index is -0.635. The van der Waals surface area contributed by atoms with Gasteiger partial charge in [-0.1, -0.05) is 12.1 Å². The molecule has 7 heteroatoms. The van der Waals surface area contributed by atoms with E-state index in [9.17, 15) is 18.0 Å². The zero-order valence-corrected chi connectivity index (χ0v) is 15.0. The Morgan fingerprint density at radius 3 is 2.26 bits per heavy atom. The van der Waals surface area contributed by atoms with E-state index in [0.29, 0.717) is 31.9 Å². The Hall–Kier alpha value is -2.54. The van der Waals surface area contributed by atoms with Gasteiger partial charge in [0.1, 0.15) is 23.6 Å². The molecule has 1 aliphatic rings. The highest BCUT2D eigenvalue weighted by atomic mass is 19.1. The molecule has 2 aromatic rings. The molecule has 4 nitrogen and oxygen atoms in total. The SMILES string of the molecule is CC(OCc1ccc(F)cc1)C(=O)N1CCN(c2ccc(F)cc2F)CC1. The van der Waals surface area contributed by atoms with Crippen molar-refractivity contribution in [3.8, 4) is 0 Å². The Labute approximate surface area is 156 Å². The first-order valence-electron chi connectivity index (χ1n) is 8.79. The average molecular weight is 378 g/mol. The van der Waals surface area contributed by atoms with E-state index in [1.54, 1.807) is 28.9 Å². The number of amides is 1. The molecule has 3 rings (SSSR count). The van der Waals surface area contributed by atoms with E-state index in [-0.39, 0.29) is 18.3 Å². The van der Waals surface area contributed by atoms with E-state index in [1.807, 2.05) is 0 Å². The second kappa shape index (κ2) is 8.43. The molecular weight excluding hydrogens is 357 g/mol. The number of halogens is 3. The molecule has 0 saturated carbocycles. The highest BCUT2D eigenvalue weighted by molar-refractivity contribution is 5.80. The fourth-order valence-electron chi connectivity index (χ4n) is 3.04. The summed E-state index contributed by atoms with van der Waals surface area (Å²) in [4.78, 5) is 16.0. The van der Waals surface area contributed by atoms with Gasteiger partial charge in [-0.25, -0.2) is 13.2 Å². The number of nitrogens with zero attached hydrogens (tertiary/aromatic N) is 2. The zero-order valence-electron chi connectivity index (χ0n) is 15.0. The van der Waals surface area contributed by atoms with Crippen LogP contribution in [-0.4, -0.2) is 43.1 Å². The van der Waals surface area contributed by atoms with Crippen molar-refractivity contribution < 1.29 is 22.7 Å². The van der Waals surface area contributed by atoms with Crippen molar-refractivity contribution in [1.29, 1.82) is 0 Å². The van der Waals surface area contributed by atoms with Crippen LogP contribution in [0.1, 0.15) is 12.5 Å². The molecule has 2 aromatic carbocycles. The Balaban J connectivity index is 1.50. The number of ether oxygens (including phenoxy) is 1. The summed E-state index contributed by atoms with van der Waals surface area (Å²) >= 11 is 0. The molecule has 0 aromatic heterocycles. The number of carbonyl (C=O) groups excluding carboxylic acids is 1. The van der Waals surface area contributed by atoms with E-state index in [1.165, 1.54) is 24.3 Å². The van der Waals surface area contributed by atoms with Gasteiger partial charge in [-0.3, -0.25) is 4.79 Å². The summed E-state index contributed by atoms with van der Waals surface area (Å²) in [6.07, 6.45) is -0.635. The predicted molar refractivity (Wildman–Crippen MR) is 95.8 cm³/mol. The monoisotopic (exact) mass is 378 g/mol. The minimum absolute atomic E-state index is 0.142. The van der Waals surface area contributed by atoms with Crippen LogP contribution in [-0.2, 0) is 16.1 Å². The third-order valence-corrected chi connectivity index (χ3v) is 4.60. The van der Waals surface area contributed by atoms with Gasteiger partial charge in [0.15, 0.2) is 0 Å². The first-order valence-corrected chi connectivity index (χ1v) is 8.79. The van der Waals surface area contributed by atoms with Gasteiger partial charge in [0.25, 0.3) is 5.91 Å². The maximum atomic E-state index is 13.9. The van der Waals surface area contributed by atoms with Gasteiger partial charge in [0.2, 0.25) is 0 Å². The molecule has 0 radical (unpaired) electrons. The molecule has 144 valence electrons. The minimum Gasteiger partial charge on any atom is -0.366 e. The van der Waals surface area contributed by atoms with Crippen molar-refractivity contribution in [2.75, 3.05) is 31.1 Å². The van der Waals surface area contributed by atoms with Crippen LogP contribution in [0.2, 0.25) is 0 Å². The fourth-order valence-corrected chi connectivity index (χ4v) is 3.04. The third-order valence-electron chi connectivity index (χ3n) is 4.60. The van der Waals surface area contributed by atoms with Crippen molar-refractivity contribution in [3.05, 3.63) is 65.5 Å². The Kier molecular flexibility index (Phi) is 6.01. The van der Waals surface area contributed by atoms with E-state index in [0.717, 1.165) is 11.6 Å². The lowest BCUT2D eigenvalue weighted by molar-refractivity contribution is -0.143. The van der Waals surface area contributed by atoms with Gasteiger partial charge in [-0.05, 0) is 36.8 Å². The third kappa shape index (κ3) is 4.80. The van der Waals surface area contributed by atoms with Gasteiger partial charge in [-0.15, -0.1) is 0 Å². The summed E-state index contributed by atoms with van der Waals surface area (Å²) in [5.74, 6) is -1.68. The number of benzene rings is 2. The molecule has 1 amide bonds. The lowest BCUT2D eigenvalue weighted by atomic mass is 10.2. The summed E-state index contributed by atoms with van der Waals surface area (Å²) in [5, 5.41) is 0. The van der Waals surface area contributed by atoms with Crippen molar-refractivity contribution in [2.24, 2.45) is 0 Å². The van der Waals surface area contributed by atoms with Crippen molar-refractivity contribution in [1.82, 2.24) is 4.90 Å². The molecular formula is C20H21F3N2O2. The van der Waals surface area contributed by atoms with Crippen LogP contribution in [0.5, 0.6) is 0 Å². The quantitative estimate of drug-likeness (QED) is 0.800. The van der Waals surface area contributed by atoms with Crippen molar-refractivity contribution in [2.45, 2.75) is 19.6 Å². The van der Waals surface area contributed by atoms with Gasteiger partial charge < -0.3 is 14.5 Å². The van der Waals surface area contributed by atoms with Gasteiger partial charge in [0.05, 0.1) is 12.3 Å². The highest BCUT2D eigenvalue weighted by Crippen LogP contribution is 2.22. The number of piperazine rings is 1. The molecule has 1 heterocycles. The molecule has 0 N–H and O–H groups in total. The summed E-state index contributed by atoms with van der Waals surface area (Å²) in [6.45, 7) is 3.67. The number of hydrogen-bond donors (Lipinski definition) is 0. The molecule has 1 unspecified atom stereocenters. The maximum absolute atomic E-state index is 13.9. The first-order chi connectivity index (χ1) is 12.9. The molecule has 1 atom stereocenters. The van der Waals surface area contributed by atoms with Crippen LogP contribution in [0.25, 0.3) is 0 Å². The van der Waals surface area contributed by atoms with Crippen LogP contribution >= 0.6 is 0 Å². The number of carbonyl (C=O) groups is 1. The Morgan fingerprint density at radius 1 is 1.00 bits per heavy atom. The Morgan fingerprint density at radius 2 is 1.63 bits per heavy atom. The lowest BCUT2D eigenvalue weighted by Crippen LogP contribution is -2.51. The highest BCUT2D eigenvalue weighted by Gasteiger charge is 2.26. The topological polar surface area (TPSA) is 32.8 Å². The second-order valence-electron chi connectivity index (χ2n) is 6.49. The van der Waals surface area contributed by atoms with Gasteiger partial charge >= 0.3 is 0 Å². The maximum Gasteiger partial charge on any atom is 0.251 e. The van der Waals surface area contributed by atoms with E-state index in [4.69, 9.17) is 4.74 Å². The first kappa shape index (κ1) is 19.2. The second-order valence-corrected chi connectivity index (χ2v) is 6.49. The summed E-state index contributed by atoms with van der Waals surface area (Å²) < 4.78 is 45.4. The summed E-state index contributed by atoms with van der Waals surface area (Å²) in [7, 11) is 0. The van der Waals surface area contributed by atoms with Crippen molar-refractivity contribution >= 4 is 11.6 Å². The average Bonchev–Trinajstić information content (AvgIpc) is 2.67. The predicted octanol–water partition coefficient (Wildman–Crippen LogP) is 3.36. The zero-order chi connectivity index (χ0) is 19.4. The fraction of sp³-hybridized carbons (Fsp3) is 0.350. The number of anilines is 1. The summed E-state index contributed by atoms with van der Waals surface area (Å²) in [5.41, 5.74) is 1.12. The van der Waals surface area contributed by atoms with Crippen LogP contribution in [0.4, 0.5) is 18.9 Å². The van der Waals surface area contributed by atoms with E-state index in [2.05, 4.69) is 0 Å². The largest absolute Gasteiger partial charge is 0.366 e. The molecule has 0 spiro atoms. The van der Waals surface area contributed by atoms with Gasteiger partial charge in [0, 0.05) is 32.2 Å². The number of hydrogen-bond acceptors (Lipinski definition) is 3. The molecule has 1 fully saturated rings. The standard InChI is InChI=1S/C20H21F3N2O2/c1-14(27-13-15-2-4-16(21)5-3-15)20(26)25-10-8-24(9-11-25)19-7-6-17(22)12-18(19)23/h2-7,12,14H,8-11,13H2,1H3. The van der Waals surface area contributed by atoms with Crippen LogP contribution in [0.3, 0.4) is 0 Å². The van der Waals surface area contributed by atoms with E-state index < -0.39 is 17.7 Å². The van der Waals surface area contributed by atoms with Crippen LogP contribution in [0, 0.1) is 17.5 Å². The molecule has 1 aliphatic heterocycles. The van der Waals surface area contributed by atoms with Crippen molar-refractivity contribution in [3.63, 3.8) is 0 Å². The number of rotatable bonds is 5. The molecule has 0 aliphatic carbocycles. The van der Waals surface area contributed by atoms with Gasteiger partial charge in [-0.2, -0.15) is 0 Å². The normalized spacial score (nSPS) is 15.7. The molecule has 0 bridgehead atoms. The summed E-state index contributed by atoms with van der Waals surface area (Å²) in [6, 6.07) is 9.42. The smallest absolute Gasteiger partial charge is 0.251 e. The molecule has 27 heavy (non-hydrogen) atoms. The van der Waals surface area contributed by atoms with Crippen LogP contribution < -0.4 is 4.90 Å². The lowest BCUT2D eigenvalue weighted by Gasteiger charge is -2.37. The van der Waals surface area contributed by atoms with E-state index >= 15 is 0 Å².